The Morgan fingerprint density at radius 3 is 1.15 bits per heavy atom. The summed E-state index contributed by atoms with van der Waals surface area (Å²) >= 11 is 0. The minimum Gasteiger partial charge on any atom is -1.00 e. The van der Waals surface area contributed by atoms with Crippen molar-refractivity contribution < 1.29 is 72.0 Å². The van der Waals surface area contributed by atoms with E-state index in [0.717, 1.165) is 37.1 Å². The monoisotopic (exact) mass is 832 g/mol. The number of unbranched alkanes of at least 4 members (excludes halogenated alkanes) is 1. The fourth-order valence-corrected chi connectivity index (χ4v) is 5.76. The van der Waals surface area contributed by atoms with Crippen LogP contribution in [0.15, 0.2) is 108 Å². The average Bonchev–Trinajstić information content (AvgIpc) is 3.54. The summed E-state index contributed by atoms with van der Waals surface area (Å²) in [5.74, 6) is -1.04. The van der Waals surface area contributed by atoms with E-state index >= 15 is 0 Å². The molecule has 52 heavy (non-hydrogen) atoms. The van der Waals surface area contributed by atoms with Gasteiger partial charge in [0.25, 0.3) is 23.6 Å². The van der Waals surface area contributed by atoms with Crippen LogP contribution in [0.3, 0.4) is 0 Å². The van der Waals surface area contributed by atoms with Crippen LogP contribution in [0, 0.1) is 0 Å². The topological polar surface area (TPSA) is 126 Å². The molecule has 0 radical (unpaired) electrons. The predicted molar refractivity (Wildman–Crippen MR) is 182 cm³/mol. The Morgan fingerprint density at radius 1 is 0.500 bits per heavy atom. The number of fused-ring (bicyclic) bond motifs is 2. The first-order valence-electron chi connectivity index (χ1n) is 16.7. The molecule has 0 saturated carbocycles. The summed E-state index contributed by atoms with van der Waals surface area (Å²) in [6, 6.07) is 21.6. The van der Waals surface area contributed by atoms with Gasteiger partial charge in [-0.05, 0) is 24.3 Å². The van der Waals surface area contributed by atoms with Gasteiger partial charge in [0, 0.05) is 74.2 Å². The molecule has 0 aliphatic carbocycles. The normalized spacial score (nSPS) is 13.4. The van der Waals surface area contributed by atoms with Gasteiger partial charge in [-0.3, -0.25) is 29.0 Å². The predicted octanol–water partition coefficient (Wildman–Crippen LogP) is -2.18. The number of benzene rings is 2. The molecule has 2 aromatic heterocycles. The Kier molecular flexibility index (Phi) is 14.9. The van der Waals surface area contributed by atoms with Gasteiger partial charge < -0.3 is 43.6 Å². The lowest BCUT2D eigenvalue weighted by Crippen LogP contribution is -3.00. The lowest BCUT2D eigenvalue weighted by molar-refractivity contribution is -0.708. The molecule has 2 aliphatic heterocycles. The molecule has 4 heterocycles. The van der Waals surface area contributed by atoms with E-state index in [9.17, 15) is 19.2 Å². The van der Waals surface area contributed by atoms with E-state index in [1.807, 2.05) is 49.1 Å². The van der Waals surface area contributed by atoms with Gasteiger partial charge in [-0.2, -0.15) is 0 Å². The molecule has 0 spiro atoms. The molecule has 2 aromatic carbocycles. The number of pyridine rings is 2. The Labute approximate surface area is 322 Å². The van der Waals surface area contributed by atoms with Crippen molar-refractivity contribution in [3.63, 3.8) is 0 Å². The molecule has 270 valence electrons. The number of amides is 4. The van der Waals surface area contributed by atoms with Crippen molar-refractivity contribution in [1.82, 2.24) is 9.80 Å². The maximum atomic E-state index is 12.4. The van der Waals surface area contributed by atoms with Crippen molar-refractivity contribution in [3.8, 4) is 0 Å². The van der Waals surface area contributed by atoms with Gasteiger partial charge in [-0.25, -0.2) is 9.13 Å². The lowest BCUT2D eigenvalue weighted by atomic mass is 10.1. The summed E-state index contributed by atoms with van der Waals surface area (Å²) in [6.45, 7) is 2.95. The molecular weight excluding hydrogens is 796 g/mol. The van der Waals surface area contributed by atoms with E-state index in [1.54, 1.807) is 61.0 Å². The number of carbonyl (C=O) groups excluding carboxylic acids is 4. The average molecular weight is 835 g/mol. The van der Waals surface area contributed by atoms with Gasteiger partial charge in [0.05, 0.1) is 34.7 Å². The summed E-state index contributed by atoms with van der Waals surface area (Å²) in [5.41, 5.74) is 3.63. The quantitative estimate of drug-likeness (QED) is 0.0392. The third-order valence-electron chi connectivity index (χ3n) is 8.46. The smallest absolute Gasteiger partial charge is 0.261 e. The number of hydrogen-bond donors (Lipinski definition) is 0. The zero-order valence-corrected chi connectivity index (χ0v) is 31.5. The van der Waals surface area contributed by atoms with Crippen LogP contribution >= 0.6 is 0 Å². The van der Waals surface area contributed by atoms with Gasteiger partial charge in [0.15, 0.2) is 24.8 Å². The molecule has 4 amide bonds. The summed E-state index contributed by atoms with van der Waals surface area (Å²) < 4.78 is 4.26. The number of aryl methyl sites for hydroxylation is 2. The van der Waals surface area contributed by atoms with Gasteiger partial charge in [-0.1, -0.05) is 34.6 Å². The fourth-order valence-electron chi connectivity index (χ4n) is 5.76. The molecule has 2 aliphatic rings. The highest BCUT2D eigenvalue weighted by atomic mass is 79.9. The number of imide groups is 2. The summed E-state index contributed by atoms with van der Waals surface area (Å²) in [5, 5.41) is 8.04. The van der Waals surface area contributed by atoms with E-state index in [-0.39, 0.29) is 70.7 Å². The molecule has 6 rings (SSSR count). The number of nitrogens with zero attached hydrogens (tertiary/aromatic N) is 6. The van der Waals surface area contributed by atoms with Crippen LogP contribution in [0.5, 0.6) is 0 Å². The van der Waals surface area contributed by atoms with Crippen LogP contribution in [0.1, 0.15) is 78.2 Å². The summed E-state index contributed by atoms with van der Waals surface area (Å²) in [4.78, 5) is 62.9. The van der Waals surface area contributed by atoms with Gasteiger partial charge in [0.2, 0.25) is 0 Å². The minimum absolute atomic E-state index is 0. The van der Waals surface area contributed by atoms with Crippen LogP contribution in [0.4, 0.5) is 0 Å². The van der Waals surface area contributed by atoms with Crippen molar-refractivity contribution in [2.45, 2.75) is 38.8 Å². The zero-order chi connectivity index (χ0) is 34.7. The second kappa shape index (κ2) is 19.5. The highest BCUT2D eigenvalue weighted by Gasteiger charge is 2.35. The third-order valence-corrected chi connectivity index (χ3v) is 8.46. The molecule has 0 saturated heterocycles. The number of aromatic nitrogens is 2. The highest BCUT2D eigenvalue weighted by Crippen LogP contribution is 2.23. The van der Waals surface area contributed by atoms with Crippen molar-refractivity contribution in [1.29, 1.82) is 0 Å². The number of oxime groups is 2. The third kappa shape index (κ3) is 9.82. The largest absolute Gasteiger partial charge is 1.00 e. The maximum Gasteiger partial charge on any atom is 0.261 e. The highest BCUT2D eigenvalue weighted by molar-refractivity contribution is 6.22. The summed E-state index contributed by atoms with van der Waals surface area (Å²) in [6.07, 6.45) is 14.4. The second-order valence-corrected chi connectivity index (χ2v) is 11.9. The van der Waals surface area contributed by atoms with E-state index in [0.29, 0.717) is 48.3 Å². The van der Waals surface area contributed by atoms with Crippen molar-refractivity contribution in [3.05, 3.63) is 131 Å². The van der Waals surface area contributed by atoms with Crippen LogP contribution in [-0.4, -0.2) is 72.2 Å². The molecule has 0 atom stereocenters. The fraction of sp³-hybridized carbons (Fsp3) is 0.263. The maximum absolute atomic E-state index is 12.4. The van der Waals surface area contributed by atoms with E-state index in [2.05, 4.69) is 19.4 Å². The van der Waals surface area contributed by atoms with Gasteiger partial charge in [-0.15, -0.1) is 0 Å². The molecule has 0 unspecified atom stereocenters. The molecule has 0 N–H and O–H groups in total. The minimum atomic E-state index is -0.260. The Hall–Kier alpha value is -5.08. The molecule has 14 heteroatoms. The lowest BCUT2D eigenvalue weighted by Gasteiger charge is -2.12. The van der Waals surface area contributed by atoms with Crippen LogP contribution < -0.4 is 43.1 Å². The first-order valence-corrected chi connectivity index (χ1v) is 16.7. The van der Waals surface area contributed by atoms with Crippen molar-refractivity contribution >= 4 is 36.1 Å². The van der Waals surface area contributed by atoms with Crippen molar-refractivity contribution in [2.24, 2.45) is 10.3 Å². The van der Waals surface area contributed by atoms with Crippen LogP contribution in [0.2, 0.25) is 0 Å². The SMILES string of the molecule is O=C1c2ccccc2C(=O)N1CCCO/N=C/c1cc[n+](CCCC[n+]2ccc(/C=N/OCCCN3C(=O)c4ccccc4C3=O)cc2)cc1.[Br-].[Br-]. The second-order valence-electron chi connectivity index (χ2n) is 11.9. The molecule has 0 fully saturated rings. The zero-order valence-electron chi connectivity index (χ0n) is 28.4. The Bertz CT molecular complexity index is 1710. The van der Waals surface area contributed by atoms with E-state index in [1.165, 1.54) is 9.80 Å². The van der Waals surface area contributed by atoms with Gasteiger partial charge >= 0.3 is 0 Å². The first-order chi connectivity index (χ1) is 24.5. The molecular formula is C38H38Br2N6O6. The van der Waals surface area contributed by atoms with Crippen LogP contribution in [0.25, 0.3) is 0 Å². The van der Waals surface area contributed by atoms with Crippen molar-refractivity contribution in [2.75, 3.05) is 26.3 Å². The first kappa shape index (κ1) is 39.7. The number of carbonyl (C=O) groups is 4. The standard InChI is InChI=1S/C38H38N6O6.2BrH/c45-35-31-9-1-2-10-32(31)36(46)43(35)19-7-25-49-39-27-29-13-21-41(22-14-29)17-5-6-18-42-23-15-30(16-24-42)28-40-50-26-8-20-44-37(47)33-11-3-4-12-34(33)38(44)48;;/h1-4,9-16,21-24,27-28H,5-8,17-20,25-26H2;2*1H/q+2;;/p-2/b39-27+,40-28+;;. The number of hydrogen-bond acceptors (Lipinski definition) is 8. The molecule has 4 aromatic rings. The Morgan fingerprint density at radius 2 is 0.827 bits per heavy atom. The van der Waals surface area contributed by atoms with Crippen LogP contribution in [-0.2, 0) is 22.8 Å². The molecule has 12 nitrogen and oxygen atoms in total. The van der Waals surface area contributed by atoms with Gasteiger partial charge in [0.1, 0.15) is 26.3 Å². The number of halogens is 2. The number of rotatable bonds is 17. The van der Waals surface area contributed by atoms with E-state index in [4.69, 9.17) is 9.68 Å². The van der Waals surface area contributed by atoms with E-state index < -0.39 is 0 Å². The molecule has 0 bridgehead atoms. The summed E-state index contributed by atoms with van der Waals surface area (Å²) in [7, 11) is 0. The Balaban J connectivity index is 0.00000302.